The van der Waals surface area contributed by atoms with E-state index in [0.717, 1.165) is 51.4 Å². The van der Waals surface area contributed by atoms with E-state index < -0.39 is 18.1 Å². The standard InChI is InChI=1S/C44H71NO7/c1-6-8-10-12-14-16-18-19-20-21-22-23-25-26-28-30-32-34-42(46)51-39-40(38-50-37-36-41(44(48)49)45(3,4)5)52-43(47)35-33-31-29-27-24-17-15-13-11-9-7-2/h9,11,14-17,19-20,22-23,26-29,40-41H,6-8,10,12-13,18,21,24-25,30-39H2,1-5H3/b11-9+,16-14+,17-15+,20-19+,23-22+,28-26+,29-27+. The molecule has 52 heavy (non-hydrogen) atoms. The summed E-state index contributed by atoms with van der Waals surface area (Å²) in [5.74, 6) is -1.90. The van der Waals surface area contributed by atoms with Crippen molar-refractivity contribution < 1.29 is 38.2 Å². The van der Waals surface area contributed by atoms with Crippen molar-refractivity contribution in [2.45, 2.75) is 135 Å². The topological polar surface area (TPSA) is 102 Å². The van der Waals surface area contributed by atoms with Gasteiger partial charge in [-0.3, -0.25) is 9.59 Å². The van der Waals surface area contributed by atoms with Gasteiger partial charge in [-0.2, -0.15) is 0 Å². The van der Waals surface area contributed by atoms with E-state index in [9.17, 15) is 19.5 Å². The van der Waals surface area contributed by atoms with E-state index in [1.807, 2.05) is 0 Å². The smallest absolute Gasteiger partial charge is 0.306 e. The number of carbonyl (C=O) groups excluding carboxylic acids is 3. The van der Waals surface area contributed by atoms with Crippen molar-refractivity contribution in [3.63, 3.8) is 0 Å². The first kappa shape index (κ1) is 48.5. The molecule has 8 nitrogen and oxygen atoms in total. The van der Waals surface area contributed by atoms with Crippen LogP contribution in [0.3, 0.4) is 0 Å². The molecule has 0 N–H and O–H groups in total. The van der Waals surface area contributed by atoms with Gasteiger partial charge < -0.3 is 28.6 Å². The van der Waals surface area contributed by atoms with Gasteiger partial charge >= 0.3 is 11.9 Å². The van der Waals surface area contributed by atoms with E-state index in [1.54, 1.807) is 21.1 Å². The largest absolute Gasteiger partial charge is 0.544 e. The first-order valence-corrected chi connectivity index (χ1v) is 19.6. The van der Waals surface area contributed by atoms with Crippen LogP contribution in [0.4, 0.5) is 0 Å². The third-order valence-corrected chi connectivity index (χ3v) is 8.02. The van der Waals surface area contributed by atoms with Gasteiger partial charge in [-0.25, -0.2) is 0 Å². The summed E-state index contributed by atoms with van der Waals surface area (Å²) in [5.41, 5.74) is 0. The number of hydrogen-bond acceptors (Lipinski definition) is 7. The van der Waals surface area contributed by atoms with Crippen molar-refractivity contribution in [3.05, 3.63) is 85.1 Å². The van der Waals surface area contributed by atoms with Crippen LogP contribution >= 0.6 is 0 Å². The lowest BCUT2D eigenvalue weighted by Gasteiger charge is -2.34. The average Bonchev–Trinajstić information content (AvgIpc) is 3.09. The third kappa shape index (κ3) is 32.4. The monoisotopic (exact) mass is 726 g/mol. The van der Waals surface area contributed by atoms with E-state index in [4.69, 9.17) is 14.2 Å². The van der Waals surface area contributed by atoms with Crippen molar-refractivity contribution in [2.24, 2.45) is 0 Å². The number of likely N-dealkylation sites (N-methyl/N-ethyl adjacent to an activating group) is 1. The highest BCUT2D eigenvalue weighted by Crippen LogP contribution is 2.10. The Bertz CT molecular complexity index is 1120. The Morgan fingerprint density at radius 2 is 1.06 bits per heavy atom. The predicted octanol–water partition coefficient (Wildman–Crippen LogP) is 8.85. The average molecular weight is 726 g/mol. The second kappa shape index (κ2) is 34.6. The predicted molar refractivity (Wildman–Crippen MR) is 212 cm³/mol. The van der Waals surface area contributed by atoms with E-state index in [0.29, 0.717) is 12.8 Å². The number of allylic oxidation sites excluding steroid dienone is 14. The number of carboxylic acid groups (broad SMARTS) is 1. The van der Waals surface area contributed by atoms with Crippen LogP contribution in [-0.2, 0) is 28.6 Å². The molecule has 0 aliphatic rings. The van der Waals surface area contributed by atoms with Gasteiger partial charge in [0.05, 0.1) is 40.3 Å². The number of nitrogens with zero attached hydrogens (tertiary/aromatic N) is 1. The molecule has 0 fully saturated rings. The van der Waals surface area contributed by atoms with Crippen LogP contribution in [0.25, 0.3) is 0 Å². The van der Waals surface area contributed by atoms with Gasteiger partial charge in [0, 0.05) is 19.3 Å². The Balaban J connectivity index is 4.57. The highest BCUT2D eigenvalue weighted by atomic mass is 16.6. The molecule has 0 amide bonds. The molecule has 2 atom stereocenters. The zero-order valence-electron chi connectivity index (χ0n) is 33.2. The molecule has 0 aromatic rings. The summed E-state index contributed by atoms with van der Waals surface area (Å²) in [5, 5.41) is 11.6. The normalized spacial score (nSPS) is 13.9. The van der Waals surface area contributed by atoms with E-state index in [1.165, 1.54) is 25.7 Å². The fourth-order valence-electron chi connectivity index (χ4n) is 4.97. The summed E-state index contributed by atoms with van der Waals surface area (Å²) in [6.07, 6.45) is 43.4. The minimum Gasteiger partial charge on any atom is -0.544 e. The molecule has 0 aliphatic heterocycles. The van der Waals surface area contributed by atoms with Crippen molar-refractivity contribution in [2.75, 3.05) is 41.0 Å². The lowest BCUT2D eigenvalue weighted by Crippen LogP contribution is -2.55. The van der Waals surface area contributed by atoms with Crippen LogP contribution < -0.4 is 5.11 Å². The molecule has 0 heterocycles. The summed E-state index contributed by atoms with van der Waals surface area (Å²) < 4.78 is 17.0. The summed E-state index contributed by atoms with van der Waals surface area (Å²) in [6.45, 7) is 4.36. The van der Waals surface area contributed by atoms with Crippen LogP contribution in [-0.4, -0.2) is 75.5 Å². The van der Waals surface area contributed by atoms with E-state index >= 15 is 0 Å². The second-order valence-electron chi connectivity index (χ2n) is 13.8. The first-order chi connectivity index (χ1) is 25.1. The second-order valence-corrected chi connectivity index (χ2v) is 13.8. The van der Waals surface area contributed by atoms with Crippen molar-refractivity contribution in [1.82, 2.24) is 0 Å². The van der Waals surface area contributed by atoms with Gasteiger partial charge in [0.15, 0.2) is 6.10 Å². The molecule has 0 aliphatic carbocycles. The summed E-state index contributed by atoms with van der Waals surface area (Å²) in [6, 6.07) is -0.745. The van der Waals surface area contributed by atoms with Crippen LogP contribution in [0.15, 0.2) is 85.1 Å². The number of rotatable bonds is 33. The molecular formula is C44H71NO7. The van der Waals surface area contributed by atoms with Gasteiger partial charge in [0.1, 0.15) is 12.6 Å². The number of ether oxygens (including phenoxy) is 3. The Morgan fingerprint density at radius 1 is 0.596 bits per heavy atom. The van der Waals surface area contributed by atoms with Crippen LogP contribution in [0.2, 0.25) is 0 Å². The number of hydrogen-bond donors (Lipinski definition) is 0. The van der Waals surface area contributed by atoms with E-state index in [2.05, 4.69) is 98.9 Å². The van der Waals surface area contributed by atoms with Crippen LogP contribution in [0, 0.1) is 0 Å². The Morgan fingerprint density at radius 3 is 1.52 bits per heavy atom. The molecule has 8 heteroatoms. The number of unbranched alkanes of at least 4 members (excludes halogenated alkanes) is 5. The highest BCUT2D eigenvalue weighted by Gasteiger charge is 2.25. The first-order valence-electron chi connectivity index (χ1n) is 19.6. The minimum absolute atomic E-state index is 0.00215. The van der Waals surface area contributed by atoms with Gasteiger partial charge in [-0.05, 0) is 77.0 Å². The molecule has 294 valence electrons. The van der Waals surface area contributed by atoms with Crippen molar-refractivity contribution in [3.8, 4) is 0 Å². The number of carboxylic acids is 1. The molecule has 2 unspecified atom stereocenters. The van der Waals surface area contributed by atoms with Gasteiger partial charge in [0.25, 0.3) is 0 Å². The minimum atomic E-state index is -1.15. The van der Waals surface area contributed by atoms with Crippen LogP contribution in [0.1, 0.15) is 123 Å². The maximum atomic E-state index is 12.6. The quantitative estimate of drug-likeness (QED) is 0.0288. The lowest BCUT2D eigenvalue weighted by molar-refractivity contribution is -0.889. The Labute approximate surface area is 316 Å². The van der Waals surface area contributed by atoms with Gasteiger partial charge in [-0.15, -0.1) is 0 Å². The molecule has 0 radical (unpaired) electrons. The number of aliphatic carboxylic acids is 1. The zero-order chi connectivity index (χ0) is 38.5. The number of carbonyl (C=O) groups is 3. The molecular weight excluding hydrogens is 654 g/mol. The summed E-state index contributed by atoms with van der Waals surface area (Å²) in [4.78, 5) is 36.6. The van der Waals surface area contributed by atoms with Crippen LogP contribution in [0.5, 0.6) is 0 Å². The maximum absolute atomic E-state index is 12.6. The fraction of sp³-hybridized carbons (Fsp3) is 0.614. The van der Waals surface area contributed by atoms with Gasteiger partial charge in [0.2, 0.25) is 0 Å². The molecule has 0 saturated carbocycles. The highest BCUT2D eigenvalue weighted by molar-refractivity contribution is 5.70. The number of quaternary nitrogens is 1. The fourth-order valence-corrected chi connectivity index (χ4v) is 4.97. The van der Waals surface area contributed by atoms with Crippen molar-refractivity contribution in [1.29, 1.82) is 0 Å². The summed E-state index contributed by atoms with van der Waals surface area (Å²) in [7, 11) is 5.35. The molecule has 0 saturated heterocycles. The summed E-state index contributed by atoms with van der Waals surface area (Å²) >= 11 is 0. The van der Waals surface area contributed by atoms with Crippen molar-refractivity contribution >= 4 is 17.9 Å². The third-order valence-electron chi connectivity index (χ3n) is 8.02. The lowest BCUT2D eigenvalue weighted by atomic mass is 10.1. The molecule has 0 aromatic heterocycles. The van der Waals surface area contributed by atoms with Gasteiger partial charge in [-0.1, -0.05) is 112 Å². The number of esters is 2. The maximum Gasteiger partial charge on any atom is 0.306 e. The Kier molecular flexibility index (Phi) is 32.3. The van der Waals surface area contributed by atoms with E-state index in [-0.39, 0.29) is 55.5 Å². The SMILES string of the molecule is CC/C=C/C/C=C/C/C=C/CCCC(=O)OC(COCCC(C(=O)[O-])[N+](C)(C)C)COC(=O)CCC/C=C/C/C=C/C/C=C/C/C=C/CCCCC. The molecule has 0 rings (SSSR count). The molecule has 0 spiro atoms. The molecule has 0 bridgehead atoms. The Hall–Kier alpha value is -3.49. The zero-order valence-corrected chi connectivity index (χ0v) is 33.2. The molecule has 0 aromatic carbocycles.